The molecule has 1 saturated heterocycles. The van der Waals surface area contributed by atoms with Crippen LogP contribution in [0.15, 0.2) is 24.3 Å². The van der Waals surface area contributed by atoms with Gasteiger partial charge in [-0.05, 0) is 50.8 Å². The van der Waals surface area contributed by atoms with Crippen molar-refractivity contribution < 1.29 is 9.53 Å². The number of methoxy groups -OCH3 is 1. The highest BCUT2D eigenvalue weighted by atomic mass is 16.5. The third-order valence-electron chi connectivity index (χ3n) is 4.22. The van der Waals surface area contributed by atoms with Gasteiger partial charge < -0.3 is 4.74 Å². The molecule has 0 N–H and O–H groups in total. The first-order valence-corrected chi connectivity index (χ1v) is 7.52. The lowest BCUT2D eigenvalue weighted by molar-refractivity contribution is -0.141. The maximum absolute atomic E-state index is 11.2. The molecule has 1 heterocycles. The predicted molar refractivity (Wildman–Crippen MR) is 80.4 cm³/mol. The van der Waals surface area contributed by atoms with E-state index in [0.29, 0.717) is 12.3 Å². The van der Waals surface area contributed by atoms with Crippen LogP contribution < -0.4 is 0 Å². The van der Waals surface area contributed by atoms with Gasteiger partial charge in [0.2, 0.25) is 0 Å². The first-order valence-electron chi connectivity index (χ1n) is 7.52. The van der Waals surface area contributed by atoms with Crippen LogP contribution in [0.1, 0.15) is 36.8 Å². The van der Waals surface area contributed by atoms with Crippen LogP contribution in [-0.4, -0.2) is 31.1 Å². The minimum absolute atomic E-state index is 0.0768. The lowest BCUT2D eigenvalue weighted by Crippen LogP contribution is -2.33. The van der Waals surface area contributed by atoms with Crippen LogP contribution in [-0.2, 0) is 16.1 Å². The second-order valence-corrected chi connectivity index (χ2v) is 5.82. The summed E-state index contributed by atoms with van der Waals surface area (Å²) in [6.45, 7) is 5.44. The third-order valence-corrected chi connectivity index (χ3v) is 4.22. The zero-order chi connectivity index (χ0) is 14.4. The van der Waals surface area contributed by atoms with Crippen molar-refractivity contribution in [1.29, 1.82) is 0 Å². The number of rotatable bonds is 5. The number of carbonyl (C=O) groups excluding carboxylic acids is 1. The van der Waals surface area contributed by atoms with Crippen molar-refractivity contribution in [2.45, 2.75) is 39.2 Å². The molecule has 0 amide bonds. The zero-order valence-electron chi connectivity index (χ0n) is 12.6. The molecule has 1 aromatic carbocycles. The molecule has 0 radical (unpaired) electrons. The van der Waals surface area contributed by atoms with Crippen molar-refractivity contribution in [2.75, 3.05) is 20.2 Å². The topological polar surface area (TPSA) is 29.5 Å². The molecule has 0 atom stereocenters. The van der Waals surface area contributed by atoms with E-state index in [0.717, 1.165) is 26.1 Å². The summed E-state index contributed by atoms with van der Waals surface area (Å²) in [5, 5.41) is 0. The van der Waals surface area contributed by atoms with Crippen LogP contribution in [0, 0.1) is 12.8 Å². The number of hydrogen-bond donors (Lipinski definition) is 0. The number of nitrogens with zero attached hydrogens (tertiary/aromatic N) is 1. The fourth-order valence-corrected chi connectivity index (χ4v) is 2.81. The normalized spacial score (nSPS) is 17.1. The molecule has 3 nitrogen and oxygen atoms in total. The number of likely N-dealkylation sites (tertiary alicyclic amines) is 1. The van der Waals surface area contributed by atoms with E-state index in [2.05, 4.69) is 36.1 Å². The molecule has 0 aromatic heterocycles. The molecule has 1 aliphatic heterocycles. The fourth-order valence-electron chi connectivity index (χ4n) is 2.81. The molecule has 0 saturated carbocycles. The molecular formula is C17H25NO2. The minimum atomic E-state index is -0.0768. The summed E-state index contributed by atoms with van der Waals surface area (Å²) in [5.74, 6) is 0.607. The monoisotopic (exact) mass is 275 g/mol. The van der Waals surface area contributed by atoms with E-state index >= 15 is 0 Å². The number of ether oxygens (including phenoxy) is 1. The van der Waals surface area contributed by atoms with Gasteiger partial charge in [0, 0.05) is 13.0 Å². The van der Waals surface area contributed by atoms with Gasteiger partial charge >= 0.3 is 5.97 Å². The second kappa shape index (κ2) is 7.44. The first-order chi connectivity index (χ1) is 9.67. The lowest BCUT2D eigenvalue weighted by Gasteiger charge is -2.31. The Bertz CT molecular complexity index is 419. The van der Waals surface area contributed by atoms with Crippen LogP contribution >= 0.6 is 0 Å². The predicted octanol–water partition coefficient (Wildman–Crippen LogP) is 3.16. The van der Waals surface area contributed by atoms with E-state index in [-0.39, 0.29) is 5.97 Å². The number of piperidine rings is 1. The van der Waals surface area contributed by atoms with E-state index in [4.69, 9.17) is 4.74 Å². The molecule has 3 heteroatoms. The van der Waals surface area contributed by atoms with Gasteiger partial charge in [-0.25, -0.2) is 0 Å². The molecule has 2 rings (SSSR count). The van der Waals surface area contributed by atoms with Crippen molar-refractivity contribution in [3.63, 3.8) is 0 Å². The molecule has 20 heavy (non-hydrogen) atoms. The Hall–Kier alpha value is -1.35. The highest BCUT2D eigenvalue weighted by Crippen LogP contribution is 2.23. The fraction of sp³-hybridized carbons (Fsp3) is 0.588. The highest BCUT2D eigenvalue weighted by Gasteiger charge is 2.19. The number of hydrogen-bond acceptors (Lipinski definition) is 3. The Balaban J connectivity index is 1.71. The van der Waals surface area contributed by atoms with Gasteiger partial charge in [0.25, 0.3) is 0 Å². The van der Waals surface area contributed by atoms with Crippen molar-refractivity contribution >= 4 is 5.97 Å². The van der Waals surface area contributed by atoms with E-state index in [1.807, 2.05) is 0 Å². The highest BCUT2D eigenvalue weighted by molar-refractivity contribution is 5.69. The molecule has 0 aliphatic carbocycles. The quantitative estimate of drug-likeness (QED) is 0.773. The van der Waals surface area contributed by atoms with Crippen molar-refractivity contribution in [2.24, 2.45) is 5.92 Å². The summed E-state index contributed by atoms with van der Waals surface area (Å²) in [6.07, 6.45) is 3.94. The Kier molecular flexibility index (Phi) is 5.60. The standard InChI is InChI=1S/C17H25NO2/c1-14-3-5-16(6-4-14)13-18-11-9-15(10-12-18)7-8-17(19)20-2/h3-6,15H,7-13H2,1-2H3. The van der Waals surface area contributed by atoms with Gasteiger partial charge in [-0.2, -0.15) is 0 Å². The van der Waals surface area contributed by atoms with Crippen molar-refractivity contribution in [3.8, 4) is 0 Å². The van der Waals surface area contributed by atoms with Crippen LogP contribution in [0.3, 0.4) is 0 Å². The average Bonchev–Trinajstić information content (AvgIpc) is 2.48. The summed E-state index contributed by atoms with van der Waals surface area (Å²) in [7, 11) is 1.46. The number of benzene rings is 1. The molecule has 1 fully saturated rings. The van der Waals surface area contributed by atoms with Gasteiger partial charge in [-0.15, -0.1) is 0 Å². The van der Waals surface area contributed by atoms with Crippen LogP contribution in [0.5, 0.6) is 0 Å². The number of aryl methyl sites for hydroxylation is 1. The minimum Gasteiger partial charge on any atom is -0.469 e. The Morgan fingerprint density at radius 2 is 1.90 bits per heavy atom. The molecule has 0 unspecified atom stereocenters. The van der Waals surface area contributed by atoms with Gasteiger partial charge in [0.05, 0.1) is 7.11 Å². The molecule has 0 bridgehead atoms. The first kappa shape index (κ1) is 15.0. The van der Waals surface area contributed by atoms with Gasteiger partial charge in [0.1, 0.15) is 0 Å². The SMILES string of the molecule is COC(=O)CCC1CCN(Cc2ccc(C)cc2)CC1. The molecule has 1 aliphatic rings. The van der Waals surface area contributed by atoms with E-state index < -0.39 is 0 Å². The van der Waals surface area contributed by atoms with E-state index in [9.17, 15) is 4.79 Å². The Labute approximate surface area is 121 Å². The maximum atomic E-state index is 11.2. The van der Waals surface area contributed by atoms with Gasteiger partial charge in [-0.3, -0.25) is 9.69 Å². The van der Waals surface area contributed by atoms with Gasteiger partial charge in [0.15, 0.2) is 0 Å². The van der Waals surface area contributed by atoms with Crippen molar-refractivity contribution in [1.82, 2.24) is 4.90 Å². The Morgan fingerprint density at radius 3 is 2.50 bits per heavy atom. The van der Waals surface area contributed by atoms with E-state index in [1.165, 1.54) is 31.1 Å². The number of carbonyl (C=O) groups is 1. The van der Waals surface area contributed by atoms with E-state index in [1.54, 1.807) is 0 Å². The largest absolute Gasteiger partial charge is 0.469 e. The molecule has 110 valence electrons. The summed E-state index contributed by atoms with van der Waals surface area (Å²) >= 11 is 0. The third kappa shape index (κ3) is 4.64. The molecule has 1 aromatic rings. The smallest absolute Gasteiger partial charge is 0.305 e. The van der Waals surface area contributed by atoms with Gasteiger partial charge in [-0.1, -0.05) is 29.8 Å². The average molecular weight is 275 g/mol. The maximum Gasteiger partial charge on any atom is 0.305 e. The summed E-state index contributed by atoms with van der Waals surface area (Å²) < 4.78 is 4.70. The van der Waals surface area contributed by atoms with Crippen LogP contribution in [0.2, 0.25) is 0 Å². The summed E-state index contributed by atoms with van der Waals surface area (Å²) in [4.78, 5) is 13.7. The summed E-state index contributed by atoms with van der Waals surface area (Å²) in [5.41, 5.74) is 2.71. The molecule has 0 spiro atoms. The molecular weight excluding hydrogens is 250 g/mol. The van der Waals surface area contributed by atoms with Crippen LogP contribution in [0.4, 0.5) is 0 Å². The Morgan fingerprint density at radius 1 is 1.25 bits per heavy atom. The second-order valence-electron chi connectivity index (χ2n) is 5.82. The summed E-state index contributed by atoms with van der Waals surface area (Å²) in [6, 6.07) is 8.80. The lowest BCUT2D eigenvalue weighted by atomic mass is 9.92. The van der Waals surface area contributed by atoms with Crippen LogP contribution in [0.25, 0.3) is 0 Å². The number of esters is 1. The van der Waals surface area contributed by atoms with Crippen molar-refractivity contribution in [3.05, 3.63) is 35.4 Å². The zero-order valence-corrected chi connectivity index (χ0v) is 12.6.